The van der Waals surface area contributed by atoms with Crippen molar-refractivity contribution in [2.24, 2.45) is 0 Å². The minimum absolute atomic E-state index is 0. The third-order valence-electron chi connectivity index (χ3n) is 1.85. The van der Waals surface area contributed by atoms with Gasteiger partial charge in [-0.3, -0.25) is 0 Å². The predicted molar refractivity (Wildman–Crippen MR) is 63.7 cm³/mol. The number of hydrogen-bond acceptors (Lipinski definition) is 2. The Bertz CT molecular complexity index is 221. The quantitative estimate of drug-likeness (QED) is 0.544. The summed E-state index contributed by atoms with van der Waals surface area (Å²) in [5.41, 5.74) is 0. The maximum Gasteiger partial charge on any atom is 0.407 e. The zero-order valence-corrected chi connectivity index (χ0v) is 9.77. The lowest BCUT2D eigenvalue weighted by molar-refractivity contribution is 0.145. The first-order valence-corrected chi connectivity index (χ1v) is 5.67. The number of nitrogens with one attached hydrogen (secondary N) is 1. The fraction of sp³-hybridized carbons (Fsp3) is 0.750. The number of hydrogen-bond donors (Lipinski definition) is 1. The molecule has 0 saturated carbocycles. The number of carbonyl (C=O) groups is 1. The predicted octanol–water partition coefficient (Wildman–Crippen LogP) is 2.95. The van der Waals surface area contributed by atoms with Crippen molar-refractivity contribution in [1.82, 2.24) is 5.32 Å². The first kappa shape index (κ1) is 13.8. The van der Waals surface area contributed by atoms with Crippen molar-refractivity contribution < 1.29 is 11.0 Å². The fourth-order valence-electron chi connectivity index (χ4n) is 1.05. The largest absolute Gasteiger partial charge is 0.450 e. The molecule has 3 heteroatoms. The zero-order valence-electron chi connectivity index (χ0n) is 9.77. The Morgan fingerprint density at radius 2 is 2.07 bits per heavy atom. The van der Waals surface area contributed by atoms with Crippen LogP contribution in [-0.4, -0.2) is 19.2 Å². The monoisotopic (exact) mass is 213 g/mol. The summed E-state index contributed by atoms with van der Waals surface area (Å²) in [4.78, 5) is 11.0. The molecule has 0 heterocycles. The summed E-state index contributed by atoms with van der Waals surface area (Å²) >= 11 is 0. The highest BCUT2D eigenvalue weighted by Crippen LogP contribution is 1.98. The normalized spacial score (nSPS) is 8.93. The molecule has 0 radical (unpaired) electrons. The molecule has 1 amide bonds. The summed E-state index contributed by atoms with van der Waals surface area (Å²) < 4.78 is 4.95. The molecule has 0 aliphatic carbocycles. The van der Waals surface area contributed by atoms with Crippen LogP contribution < -0.4 is 5.32 Å². The Labute approximate surface area is 94.1 Å². The minimum atomic E-state index is -0.364. The van der Waals surface area contributed by atoms with Gasteiger partial charge in [0.2, 0.25) is 0 Å². The molecule has 0 bridgehead atoms. The Morgan fingerprint density at radius 1 is 1.27 bits per heavy atom. The van der Waals surface area contributed by atoms with Crippen molar-refractivity contribution in [2.45, 2.75) is 46.0 Å². The Hall–Kier alpha value is -1.17. The van der Waals surface area contributed by atoms with E-state index in [0.717, 1.165) is 19.3 Å². The van der Waals surface area contributed by atoms with Crippen molar-refractivity contribution in [2.75, 3.05) is 13.2 Å². The van der Waals surface area contributed by atoms with E-state index < -0.39 is 0 Å². The Morgan fingerprint density at radius 3 is 2.73 bits per heavy atom. The summed E-state index contributed by atoms with van der Waals surface area (Å²) in [7, 11) is 0. The summed E-state index contributed by atoms with van der Waals surface area (Å²) in [5.74, 6) is 5.68. The number of ether oxygens (including phenoxy) is 1. The molecule has 0 aromatic carbocycles. The molecule has 88 valence electrons. The molecule has 3 nitrogen and oxygen atoms in total. The molecule has 0 aliphatic heterocycles. The van der Waals surface area contributed by atoms with Gasteiger partial charge in [0.1, 0.15) is 0 Å². The summed E-state index contributed by atoms with van der Waals surface area (Å²) in [6.07, 6.45) is 4.91. The molecule has 0 rings (SSSR count). The van der Waals surface area contributed by atoms with Crippen molar-refractivity contribution in [3.8, 4) is 11.8 Å². The molecule has 0 atom stereocenters. The number of alkyl carbamates (subject to hydrolysis) is 1. The van der Waals surface area contributed by atoms with Gasteiger partial charge in [0.15, 0.2) is 0 Å². The summed E-state index contributed by atoms with van der Waals surface area (Å²) in [6, 6.07) is 0. The van der Waals surface area contributed by atoms with Gasteiger partial charge in [-0.25, -0.2) is 4.79 Å². The van der Waals surface area contributed by atoms with Crippen molar-refractivity contribution >= 4 is 6.09 Å². The number of unbranched alkanes of at least 4 members (excludes halogenated alkanes) is 3. The van der Waals surface area contributed by atoms with E-state index in [0.29, 0.717) is 13.2 Å². The van der Waals surface area contributed by atoms with Crippen molar-refractivity contribution in [3.63, 3.8) is 0 Å². The maximum atomic E-state index is 11.0. The van der Waals surface area contributed by atoms with E-state index in [4.69, 9.17) is 4.74 Å². The van der Waals surface area contributed by atoms with Gasteiger partial charge in [0.25, 0.3) is 0 Å². The Balaban J connectivity index is 0. The lowest BCUT2D eigenvalue weighted by atomic mass is 10.2. The molecule has 0 aromatic rings. The fourth-order valence-corrected chi connectivity index (χ4v) is 1.05. The Kier molecular flexibility index (Phi) is 10.1. The smallest absolute Gasteiger partial charge is 0.407 e. The van der Waals surface area contributed by atoms with Crippen LogP contribution >= 0.6 is 0 Å². The first-order valence-electron chi connectivity index (χ1n) is 5.67. The molecule has 0 aromatic heterocycles. The van der Waals surface area contributed by atoms with Gasteiger partial charge in [-0.05, 0) is 6.42 Å². The highest BCUT2D eigenvalue weighted by Gasteiger charge is 1.98. The molecular weight excluding hydrogens is 190 g/mol. The first-order chi connectivity index (χ1) is 7.31. The molecule has 0 aliphatic rings. The summed E-state index contributed by atoms with van der Waals surface area (Å²) in [5, 5.41) is 2.57. The lowest BCUT2D eigenvalue weighted by Crippen LogP contribution is -2.24. The van der Waals surface area contributed by atoms with Crippen LogP contribution in [0.1, 0.15) is 47.4 Å². The second kappa shape index (κ2) is 10.9. The third-order valence-corrected chi connectivity index (χ3v) is 1.85. The van der Waals surface area contributed by atoms with Gasteiger partial charge in [-0.2, -0.15) is 0 Å². The van der Waals surface area contributed by atoms with E-state index in [2.05, 4.69) is 24.1 Å². The molecule has 0 fully saturated rings. The third kappa shape index (κ3) is 10.8. The standard InChI is InChI=1S/C12H21NO2.H2/c1-3-5-7-9-11-15-12(14)13-10-8-6-4-2;/h3-5,7,9-11H2,1-2H3,(H,13,14);1H. The maximum absolute atomic E-state index is 11.0. The molecule has 15 heavy (non-hydrogen) atoms. The van der Waals surface area contributed by atoms with Gasteiger partial charge in [-0.1, -0.05) is 39.0 Å². The molecule has 1 N–H and O–H groups in total. The SMILES string of the molecule is CCC#CCNC(=O)OCCCCCC.[HH]. The van der Waals surface area contributed by atoms with Gasteiger partial charge in [0, 0.05) is 7.85 Å². The van der Waals surface area contributed by atoms with E-state index in [9.17, 15) is 4.79 Å². The van der Waals surface area contributed by atoms with Crippen LogP contribution in [0, 0.1) is 11.8 Å². The van der Waals surface area contributed by atoms with E-state index in [1.54, 1.807) is 0 Å². The highest BCUT2D eigenvalue weighted by molar-refractivity contribution is 5.67. The van der Waals surface area contributed by atoms with Crippen LogP contribution in [0.15, 0.2) is 0 Å². The lowest BCUT2D eigenvalue weighted by Gasteiger charge is -2.03. The van der Waals surface area contributed by atoms with Crippen LogP contribution in [0.2, 0.25) is 0 Å². The summed E-state index contributed by atoms with van der Waals surface area (Å²) in [6.45, 7) is 5.01. The van der Waals surface area contributed by atoms with E-state index in [1.807, 2.05) is 6.92 Å². The second-order valence-electron chi connectivity index (χ2n) is 3.26. The van der Waals surface area contributed by atoms with Crippen LogP contribution in [0.4, 0.5) is 4.79 Å². The minimum Gasteiger partial charge on any atom is -0.450 e. The average molecular weight is 213 g/mol. The average Bonchev–Trinajstić information content (AvgIpc) is 2.24. The van der Waals surface area contributed by atoms with Crippen LogP contribution in [-0.2, 0) is 4.74 Å². The topological polar surface area (TPSA) is 38.3 Å². The van der Waals surface area contributed by atoms with Gasteiger partial charge < -0.3 is 10.1 Å². The van der Waals surface area contributed by atoms with E-state index in [1.165, 1.54) is 12.8 Å². The highest BCUT2D eigenvalue weighted by atomic mass is 16.5. The molecule has 0 spiro atoms. The molecule has 0 unspecified atom stereocenters. The second-order valence-corrected chi connectivity index (χ2v) is 3.26. The van der Waals surface area contributed by atoms with Crippen molar-refractivity contribution in [3.05, 3.63) is 0 Å². The van der Waals surface area contributed by atoms with Gasteiger partial charge in [-0.15, -0.1) is 5.92 Å². The molecule has 0 saturated heterocycles. The van der Waals surface area contributed by atoms with Crippen molar-refractivity contribution in [1.29, 1.82) is 0 Å². The number of rotatable bonds is 6. The number of amides is 1. The van der Waals surface area contributed by atoms with E-state index >= 15 is 0 Å². The van der Waals surface area contributed by atoms with Crippen LogP contribution in [0.5, 0.6) is 0 Å². The van der Waals surface area contributed by atoms with E-state index in [-0.39, 0.29) is 7.52 Å². The van der Waals surface area contributed by atoms with Gasteiger partial charge in [0.05, 0.1) is 13.2 Å². The number of carbonyl (C=O) groups excluding carboxylic acids is 1. The van der Waals surface area contributed by atoms with Gasteiger partial charge >= 0.3 is 6.09 Å². The van der Waals surface area contributed by atoms with Crippen LogP contribution in [0.3, 0.4) is 0 Å². The van der Waals surface area contributed by atoms with Crippen LogP contribution in [0.25, 0.3) is 0 Å². The zero-order chi connectivity index (χ0) is 11.4. The molecular formula is C12H23NO2.